The highest BCUT2D eigenvalue weighted by molar-refractivity contribution is 9.10. The van der Waals surface area contributed by atoms with E-state index in [0.29, 0.717) is 5.69 Å². The molecular weight excluding hydrogens is 308 g/mol. The molecule has 0 heterocycles. The first kappa shape index (κ1) is 13.3. The van der Waals surface area contributed by atoms with Gasteiger partial charge < -0.3 is 5.11 Å². The zero-order valence-corrected chi connectivity index (χ0v) is 11.5. The zero-order valence-electron chi connectivity index (χ0n) is 9.88. The van der Waals surface area contributed by atoms with E-state index in [1.165, 1.54) is 12.1 Å². The topological polar surface area (TPSA) is 61.7 Å². The number of hydrogen-bond donors (Lipinski definition) is 2. The second-order valence-corrected chi connectivity index (χ2v) is 4.73. The van der Waals surface area contributed by atoms with Gasteiger partial charge in [0.05, 0.1) is 17.5 Å². The molecule has 0 saturated heterocycles. The van der Waals surface area contributed by atoms with E-state index in [-0.39, 0.29) is 5.56 Å². The first-order valence-corrected chi connectivity index (χ1v) is 6.32. The van der Waals surface area contributed by atoms with Gasteiger partial charge in [-0.05, 0) is 35.9 Å². The highest BCUT2D eigenvalue weighted by atomic mass is 79.9. The number of halogens is 1. The summed E-state index contributed by atoms with van der Waals surface area (Å²) in [5, 5.41) is 12.9. The molecule has 0 aliphatic rings. The molecule has 0 saturated carbocycles. The minimum absolute atomic E-state index is 0.225. The van der Waals surface area contributed by atoms with Crippen molar-refractivity contribution in [3.8, 4) is 0 Å². The van der Waals surface area contributed by atoms with Gasteiger partial charge in [-0.3, -0.25) is 5.43 Å². The van der Waals surface area contributed by atoms with Crippen LogP contribution in [0.5, 0.6) is 0 Å². The smallest absolute Gasteiger partial charge is 0.335 e. The molecule has 0 fully saturated rings. The van der Waals surface area contributed by atoms with Crippen LogP contribution in [-0.2, 0) is 0 Å². The van der Waals surface area contributed by atoms with Crippen molar-refractivity contribution in [1.29, 1.82) is 0 Å². The summed E-state index contributed by atoms with van der Waals surface area (Å²) in [6, 6.07) is 14.2. The number of carbonyl (C=O) groups is 1. The Labute approximate surface area is 118 Å². The van der Waals surface area contributed by atoms with Crippen molar-refractivity contribution in [2.75, 3.05) is 5.43 Å². The number of hydrogen-bond acceptors (Lipinski definition) is 3. The molecule has 5 heteroatoms. The predicted molar refractivity (Wildman–Crippen MR) is 78.8 cm³/mol. The molecule has 0 unspecified atom stereocenters. The summed E-state index contributed by atoms with van der Waals surface area (Å²) in [4.78, 5) is 10.8. The lowest BCUT2D eigenvalue weighted by atomic mass is 10.2. The van der Waals surface area contributed by atoms with Crippen LogP contribution in [-0.4, -0.2) is 17.3 Å². The SMILES string of the molecule is O=C(O)c1cccc(N/N=C/c2cccc(Br)c2)c1. The van der Waals surface area contributed by atoms with Gasteiger partial charge in [-0.15, -0.1) is 0 Å². The van der Waals surface area contributed by atoms with Crippen molar-refractivity contribution in [2.45, 2.75) is 0 Å². The first-order chi connectivity index (χ1) is 9.15. The Bertz CT molecular complexity index is 626. The molecular formula is C14H11BrN2O2. The van der Waals surface area contributed by atoms with Crippen LogP contribution in [0, 0.1) is 0 Å². The number of nitrogens with one attached hydrogen (secondary N) is 1. The van der Waals surface area contributed by atoms with E-state index in [2.05, 4.69) is 26.5 Å². The van der Waals surface area contributed by atoms with Gasteiger partial charge in [0.25, 0.3) is 0 Å². The molecule has 0 aliphatic heterocycles. The van der Waals surface area contributed by atoms with Gasteiger partial charge in [0.15, 0.2) is 0 Å². The number of anilines is 1. The Balaban J connectivity index is 2.06. The van der Waals surface area contributed by atoms with Crippen molar-refractivity contribution >= 4 is 33.8 Å². The molecule has 2 N–H and O–H groups in total. The summed E-state index contributed by atoms with van der Waals surface area (Å²) in [7, 11) is 0. The Kier molecular flexibility index (Phi) is 4.30. The van der Waals surface area contributed by atoms with Crippen LogP contribution >= 0.6 is 15.9 Å². The summed E-state index contributed by atoms with van der Waals surface area (Å²) >= 11 is 3.38. The highest BCUT2D eigenvalue weighted by Gasteiger charge is 2.01. The lowest BCUT2D eigenvalue weighted by Gasteiger charge is -2.01. The van der Waals surface area contributed by atoms with Gasteiger partial charge in [-0.25, -0.2) is 4.79 Å². The summed E-state index contributed by atoms with van der Waals surface area (Å²) in [6.07, 6.45) is 1.66. The summed E-state index contributed by atoms with van der Waals surface area (Å²) in [5.74, 6) is -0.959. The monoisotopic (exact) mass is 318 g/mol. The fraction of sp³-hybridized carbons (Fsp3) is 0. The van der Waals surface area contributed by atoms with Crippen molar-refractivity contribution in [3.05, 3.63) is 64.1 Å². The Morgan fingerprint density at radius 1 is 1.21 bits per heavy atom. The average molecular weight is 319 g/mol. The predicted octanol–water partition coefficient (Wildman–Crippen LogP) is 3.59. The van der Waals surface area contributed by atoms with Crippen LogP contribution in [0.1, 0.15) is 15.9 Å². The van der Waals surface area contributed by atoms with E-state index in [1.54, 1.807) is 18.3 Å². The molecule has 0 atom stereocenters. The van der Waals surface area contributed by atoms with Crippen LogP contribution < -0.4 is 5.43 Å². The summed E-state index contributed by atoms with van der Waals surface area (Å²) in [5.41, 5.74) is 4.60. The third-order valence-corrected chi connectivity index (χ3v) is 2.86. The van der Waals surface area contributed by atoms with Crippen molar-refractivity contribution in [3.63, 3.8) is 0 Å². The maximum absolute atomic E-state index is 10.8. The van der Waals surface area contributed by atoms with E-state index < -0.39 is 5.97 Å². The first-order valence-electron chi connectivity index (χ1n) is 5.53. The van der Waals surface area contributed by atoms with E-state index in [4.69, 9.17) is 5.11 Å². The number of carboxylic acids is 1. The van der Waals surface area contributed by atoms with Crippen LogP contribution in [0.25, 0.3) is 0 Å². The summed E-state index contributed by atoms with van der Waals surface area (Å²) in [6.45, 7) is 0. The fourth-order valence-electron chi connectivity index (χ4n) is 1.49. The average Bonchev–Trinajstić information content (AvgIpc) is 2.39. The lowest BCUT2D eigenvalue weighted by molar-refractivity contribution is 0.0697. The van der Waals surface area contributed by atoms with E-state index in [9.17, 15) is 4.79 Å². The van der Waals surface area contributed by atoms with Crippen molar-refractivity contribution in [1.82, 2.24) is 0 Å². The number of hydrazone groups is 1. The number of rotatable bonds is 4. The van der Waals surface area contributed by atoms with E-state index in [1.807, 2.05) is 24.3 Å². The molecule has 96 valence electrons. The standard InChI is InChI=1S/C14H11BrN2O2/c15-12-5-1-3-10(7-12)9-16-17-13-6-2-4-11(8-13)14(18)19/h1-9,17H,(H,18,19)/b16-9+. The number of carboxylic acid groups (broad SMARTS) is 1. The molecule has 0 spiro atoms. The summed E-state index contributed by atoms with van der Waals surface area (Å²) < 4.78 is 0.976. The number of aromatic carboxylic acids is 1. The normalized spacial score (nSPS) is 10.6. The molecule has 2 rings (SSSR count). The van der Waals surface area contributed by atoms with E-state index >= 15 is 0 Å². The molecule has 0 aromatic heterocycles. The maximum Gasteiger partial charge on any atom is 0.335 e. The van der Waals surface area contributed by atoms with Gasteiger partial charge >= 0.3 is 5.97 Å². The Morgan fingerprint density at radius 2 is 2.00 bits per heavy atom. The molecule has 2 aromatic carbocycles. The van der Waals surface area contributed by atoms with Crippen LogP contribution in [0.2, 0.25) is 0 Å². The van der Waals surface area contributed by atoms with Crippen LogP contribution in [0.15, 0.2) is 58.1 Å². The molecule has 0 bridgehead atoms. The second-order valence-electron chi connectivity index (χ2n) is 3.81. The molecule has 0 aliphatic carbocycles. The van der Waals surface area contributed by atoms with Gasteiger partial charge in [0.1, 0.15) is 0 Å². The molecule has 2 aromatic rings. The number of nitrogens with zero attached hydrogens (tertiary/aromatic N) is 1. The zero-order chi connectivity index (χ0) is 13.7. The Hall–Kier alpha value is -2.14. The third kappa shape index (κ3) is 3.93. The van der Waals surface area contributed by atoms with Gasteiger partial charge in [0, 0.05) is 4.47 Å². The second kappa shape index (κ2) is 6.15. The van der Waals surface area contributed by atoms with Crippen LogP contribution in [0.3, 0.4) is 0 Å². The highest BCUT2D eigenvalue weighted by Crippen LogP contribution is 2.12. The third-order valence-electron chi connectivity index (χ3n) is 2.37. The van der Waals surface area contributed by atoms with Gasteiger partial charge in [-0.2, -0.15) is 5.10 Å². The van der Waals surface area contributed by atoms with Crippen molar-refractivity contribution < 1.29 is 9.90 Å². The van der Waals surface area contributed by atoms with Gasteiger partial charge in [-0.1, -0.05) is 34.1 Å². The molecule has 0 amide bonds. The largest absolute Gasteiger partial charge is 0.478 e. The van der Waals surface area contributed by atoms with Gasteiger partial charge in [0.2, 0.25) is 0 Å². The Morgan fingerprint density at radius 3 is 2.74 bits per heavy atom. The van der Waals surface area contributed by atoms with E-state index in [0.717, 1.165) is 10.0 Å². The number of benzene rings is 2. The molecule has 19 heavy (non-hydrogen) atoms. The van der Waals surface area contributed by atoms with Crippen LogP contribution in [0.4, 0.5) is 5.69 Å². The van der Waals surface area contributed by atoms with Crippen molar-refractivity contribution in [2.24, 2.45) is 5.10 Å². The quantitative estimate of drug-likeness (QED) is 0.669. The minimum Gasteiger partial charge on any atom is -0.478 e. The molecule has 0 radical (unpaired) electrons. The maximum atomic E-state index is 10.8. The molecule has 4 nitrogen and oxygen atoms in total. The fourth-order valence-corrected chi connectivity index (χ4v) is 1.91. The minimum atomic E-state index is -0.959. The lowest BCUT2D eigenvalue weighted by Crippen LogP contribution is -1.97.